The fourth-order valence-electron chi connectivity index (χ4n) is 2.26. The maximum absolute atomic E-state index is 12.7. The van der Waals surface area contributed by atoms with E-state index in [1.165, 1.54) is 29.6 Å². The lowest BCUT2D eigenvalue weighted by Gasteiger charge is -2.14. The van der Waals surface area contributed by atoms with Crippen molar-refractivity contribution in [3.05, 3.63) is 69.7 Å². The zero-order valence-corrected chi connectivity index (χ0v) is 17.6. The second-order valence-electron chi connectivity index (χ2n) is 5.70. The van der Waals surface area contributed by atoms with Gasteiger partial charge in [0.2, 0.25) is 9.47 Å². The molecule has 0 aliphatic rings. The molecule has 1 aromatic heterocycles. The SMILES string of the molecule is CN(Cc1ccccc1)S(=O)(=O)c1nnc(NC(=O)c2ccc(Cl)cc2Cl)s1. The number of rotatable bonds is 6. The molecule has 146 valence electrons. The summed E-state index contributed by atoms with van der Waals surface area (Å²) in [4.78, 5) is 12.3. The summed E-state index contributed by atoms with van der Waals surface area (Å²) in [5.74, 6) is -0.542. The van der Waals surface area contributed by atoms with Crippen LogP contribution in [-0.2, 0) is 16.6 Å². The maximum Gasteiger partial charge on any atom is 0.272 e. The zero-order chi connectivity index (χ0) is 20.3. The van der Waals surface area contributed by atoms with E-state index < -0.39 is 15.9 Å². The van der Waals surface area contributed by atoms with Crippen molar-refractivity contribution in [2.45, 2.75) is 10.9 Å². The van der Waals surface area contributed by atoms with Crippen LogP contribution in [0.25, 0.3) is 0 Å². The minimum absolute atomic E-state index is 0.0442. The normalized spacial score (nSPS) is 11.6. The Morgan fingerprint density at radius 2 is 1.86 bits per heavy atom. The smallest absolute Gasteiger partial charge is 0.272 e. The fraction of sp³-hybridized carbons (Fsp3) is 0.118. The Labute approximate surface area is 176 Å². The van der Waals surface area contributed by atoms with Crippen LogP contribution in [0.5, 0.6) is 0 Å². The second kappa shape index (κ2) is 8.54. The van der Waals surface area contributed by atoms with Crippen LogP contribution in [0.4, 0.5) is 5.13 Å². The molecule has 0 saturated carbocycles. The maximum atomic E-state index is 12.7. The van der Waals surface area contributed by atoms with E-state index in [0.29, 0.717) is 5.02 Å². The molecule has 0 saturated heterocycles. The number of sulfonamides is 1. The van der Waals surface area contributed by atoms with Gasteiger partial charge in [-0.05, 0) is 23.8 Å². The Morgan fingerprint density at radius 3 is 2.54 bits per heavy atom. The summed E-state index contributed by atoms with van der Waals surface area (Å²) in [6.45, 7) is 0.185. The molecule has 1 amide bonds. The summed E-state index contributed by atoms with van der Waals surface area (Å²) in [5.41, 5.74) is 1.02. The van der Waals surface area contributed by atoms with E-state index >= 15 is 0 Å². The molecule has 0 bridgehead atoms. The molecule has 0 aliphatic heterocycles. The van der Waals surface area contributed by atoms with Crippen LogP contribution in [0.15, 0.2) is 52.9 Å². The molecular weight excluding hydrogens is 443 g/mol. The summed E-state index contributed by atoms with van der Waals surface area (Å²) in [6, 6.07) is 13.6. The number of amides is 1. The van der Waals surface area contributed by atoms with Gasteiger partial charge < -0.3 is 0 Å². The number of halogens is 2. The van der Waals surface area contributed by atoms with Gasteiger partial charge in [0.25, 0.3) is 15.9 Å². The van der Waals surface area contributed by atoms with E-state index in [4.69, 9.17) is 23.2 Å². The summed E-state index contributed by atoms with van der Waals surface area (Å²) in [5, 5.41) is 10.6. The van der Waals surface area contributed by atoms with E-state index in [9.17, 15) is 13.2 Å². The topological polar surface area (TPSA) is 92.3 Å². The standard InChI is InChI=1S/C17H14Cl2N4O3S2/c1-23(10-11-5-3-2-4-6-11)28(25,26)17-22-21-16(27-17)20-15(24)13-8-7-12(18)9-14(13)19/h2-9H,10H2,1H3,(H,20,21,24). The van der Waals surface area contributed by atoms with Gasteiger partial charge >= 0.3 is 0 Å². The number of carbonyl (C=O) groups excluding carboxylic acids is 1. The lowest BCUT2D eigenvalue weighted by molar-refractivity contribution is 0.102. The third kappa shape index (κ3) is 4.68. The van der Waals surface area contributed by atoms with Crippen molar-refractivity contribution in [2.75, 3.05) is 12.4 Å². The number of anilines is 1. The number of nitrogens with one attached hydrogen (secondary N) is 1. The van der Waals surface area contributed by atoms with E-state index in [2.05, 4.69) is 15.5 Å². The van der Waals surface area contributed by atoms with Crippen LogP contribution < -0.4 is 5.32 Å². The van der Waals surface area contributed by atoms with Crippen LogP contribution >= 0.6 is 34.5 Å². The molecule has 3 rings (SSSR count). The predicted octanol–water partition coefficient (Wildman–Crippen LogP) is 3.92. The molecule has 28 heavy (non-hydrogen) atoms. The lowest BCUT2D eigenvalue weighted by atomic mass is 10.2. The Kier molecular flexibility index (Phi) is 6.31. The number of nitrogens with zero attached hydrogens (tertiary/aromatic N) is 3. The van der Waals surface area contributed by atoms with Crippen LogP contribution in [0.3, 0.4) is 0 Å². The van der Waals surface area contributed by atoms with Gasteiger partial charge in [-0.3, -0.25) is 10.1 Å². The molecule has 2 aromatic carbocycles. The summed E-state index contributed by atoms with van der Waals surface area (Å²) < 4.78 is 26.3. The van der Waals surface area contributed by atoms with Gasteiger partial charge in [-0.25, -0.2) is 8.42 Å². The molecule has 11 heteroatoms. The highest BCUT2D eigenvalue weighted by Gasteiger charge is 2.26. The first kappa shape index (κ1) is 20.7. The molecule has 1 heterocycles. The summed E-state index contributed by atoms with van der Waals surface area (Å²) in [6.07, 6.45) is 0. The van der Waals surface area contributed by atoms with Crippen molar-refractivity contribution in [1.29, 1.82) is 0 Å². The average molecular weight is 457 g/mol. The third-order valence-corrected chi connectivity index (χ3v) is 7.22. The first-order chi connectivity index (χ1) is 13.3. The van der Waals surface area contributed by atoms with Gasteiger partial charge in [0, 0.05) is 18.6 Å². The Hall–Kier alpha value is -2.04. The van der Waals surface area contributed by atoms with Crippen molar-refractivity contribution < 1.29 is 13.2 Å². The number of aromatic nitrogens is 2. The van der Waals surface area contributed by atoms with Gasteiger partial charge in [0.1, 0.15) is 0 Å². The highest BCUT2D eigenvalue weighted by atomic mass is 35.5. The largest absolute Gasteiger partial charge is 0.296 e. The summed E-state index contributed by atoms with van der Waals surface area (Å²) >= 11 is 12.6. The number of benzene rings is 2. The molecule has 0 aliphatic carbocycles. The number of hydrogen-bond donors (Lipinski definition) is 1. The van der Waals surface area contributed by atoms with Crippen molar-refractivity contribution >= 4 is 55.6 Å². The molecular formula is C17H14Cl2N4O3S2. The van der Waals surface area contributed by atoms with E-state index in [1.807, 2.05) is 30.3 Å². The zero-order valence-electron chi connectivity index (χ0n) is 14.5. The quantitative estimate of drug-likeness (QED) is 0.567. The molecule has 3 aromatic rings. The molecule has 0 spiro atoms. The molecule has 0 unspecified atom stereocenters. The van der Waals surface area contributed by atoms with Crippen LogP contribution in [0, 0.1) is 0 Å². The highest BCUT2D eigenvalue weighted by Crippen LogP contribution is 2.26. The van der Waals surface area contributed by atoms with Crippen molar-refractivity contribution in [1.82, 2.24) is 14.5 Å². The molecule has 0 fully saturated rings. The highest BCUT2D eigenvalue weighted by molar-refractivity contribution is 7.91. The van der Waals surface area contributed by atoms with Gasteiger partial charge in [-0.1, -0.05) is 64.9 Å². The van der Waals surface area contributed by atoms with Gasteiger partial charge in [0.05, 0.1) is 10.6 Å². The van der Waals surface area contributed by atoms with Crippen LogP contribution in [0.2, 0.25) is 10.0 Å². The van der Waals surface area contributed by atoms with Crippen molar-refractivity contribution in [3.63, 3.8) is 0 Å². The Bertz CT molecular complexity index is 1100. The predicted molar refractivity (Wildman–Crippen MR) is 109 cm³/mol. The average Bonchev–Trinajstić information content (AvgIpc) is 3.11. The van der Waals surface area contributed by atoms with E-state index in [0.717, 1.165) is 16.9 Å². The minimum atomic E-state index is -3.85. The van der Waals surface area contributed by atoms with Crippen molar-refractivity contribution in [2.24, 2.45) is 0 Å². The fourth-order valence-corrected chi connectivity index (χ4v) is 5.00. The third-order valence-electron chi connectivity index (χ3n) is 3.68. The molecule has 1 N–H and O–H groups in total. The number of hydrogen-bond acceptors (Lipinski definition) is 6. The number of carbonyl (C=O) groups is 1. The minimum Gasteiger partial charge on any atom is -0.296 e. The van der Waals surface area contributed by atoms with Gasteiger partial charge in [-0.2, -0.15) is 4.31 Å². The second-order valence-corrected chi connectivity index (χ2v) is 9.74. The monoisotopic (exact) mass is 456 g/mol. The summed E-state index contributed by atoms with van der Waals surface area (Å²) in [7, 11) is -2.39. The van der Waals surface area contributed by atoms with Gasteiger partial charge in [-0.15, -0.1) is 10.2 Å². The van der Waals surface area contributed by atoms with Crippen molar-refractivity contribution in [3.8, 4) is 0 Å². The molecule has 0 radical (unpaired) electrons. The molecule has 7 nitrogen and oxygen atoms in total. The first-order valence-electron chi connectivity index (χ1n) is 7.87. The first-order valence-corrected chi connectivity index (χ1v) is 10.9. The van der Waals surface area contributed by atoms with E-state index in [-0.39, 0.29) is 26.6 Å². The Balaban J connectivity index is 1.74. The van der Waals surface area contributed by atoms with Crippen LogP contribution in [0.1, 0.15) is 15.9 Å². The van der Waals surface area contributed by atoms with E-state index in [1.54, 1.807) is 0 Å². The lowest BCUT2D eigenvalue weighted by Crippen LogP contribution is -2.26. The Morgan fingerprint density at radius 1 is 1.14 bits per heavy atom. The molecule has 0 atom stereocenters. The van der Waals surface area contributed by atoms with Gasteiger partial charge in [0.15, 0.2) is 0 Å². The van der Waals surface area contributed by atoms with Crippen LogP contribution in [-0.4, -0.2) is 35.9 Å².